The molecule has 1 aromatic heterocycles. The van der Waals surface area contributed by atoms with Gasteiger partial charge in [-0.25, -0.2) is 0 Å². The van der Waals surface area contributed by atoms with Crippen LogP contribution in [0.1, 0.15) is 24.2 Å². The highest BCUT2D eigenvalue weighted by Crippen LogP contribution is 2.22. The highest BCUT2D eigenvalue weighted by molar-refractivity contribution is 5.15. The van der Waals surface area contributed by atoms with Crippen molar-refractivity contribution in [2.24, 2.45) is 13.0 Å². The molecule has 4 nitrogen and oxygen atoms in total. The van der Waals surface area contributed by atoms with Crippen LogP contribution < -0.4 is 0 Å². The third-order valence-electron chi connectivity index (χ3n) is 4.24. The lowest BCUT2D eigenvalue weighted by molar-refractivity contribution is 0.172. The molecule has 0 aliphatic carbocycles. The predicted molar refractivity (Wildman–Crippen MR) is 79.2 cm³/mol. The Balaban J connectivity index is 1.49. The van der Waals surface area contributed by atoms with Crippen LogP contribution in [-0.2, 0) is 20.0 Å². The van der Waals surface area contributed by atoms with E-state index in [0.29, 0.717) is 0 Å². The van der Waals surface area contributed by atoms with Gasteiger partial charge >= 0.3 is 0 Å². The molecule has 0 saturated carbocycles. The first-order chi connectivity index (χ1) is 9.81. The quantitative estimate of drug-likeness (QED) is 0.854. The van der Waals surface area contributed by atoms with Crippen molar-refractivity contribution in [3.8, 4) is 0 Å². The van der Waals surface area contributed by atoms with Crippen molar-refractivity contribution < 1.29 is 0 Å². The van der Waals surface area contributed by atoms with E-state index in [1.807, 2.05) is 11.6 Å². The van der Waals surface area contributed by atoms with Crippen LogP contribution in [0.5, 0.6) is 0 Å². The van der Waals surface area contributed by atoms with Gasteiger partial charge in [-0.2, -0.15) is 0 Å². The summed E-state index contributed by atoms with van der Waals surface area (Å²) >= 11 is 0. The first-order valence-corrected chi connectivity index (χ1v) is 7.40. The molecule has 0 unspecified atom stereocenters. The molecule has 4 heteroatoms. The summed E-state index contributed by atoms with van der Waals surface area (Å²) in [6, 6.07) is 10.8. The van der Waals surface area contributed by atoms with Crippen molar-refractivity contribution in [2.45, 2.75) is 25.8 Å². The van der Waals surface area contributed by atoms with E-state index < -0.39 is 0 Å². The van der Waals surface area contributed by atoms with Crippen molar-refractivity contribution in [1.29, 1.82) is 0 Å². The topological polar surface area (TPSA) is 34.0 Å². The highest BCUT2D eigenvalue weighted by atomic mass is 15.3. The van der Waals surface area contributed by atoms with Crippen molar-refractivity contribution >= 4 is 0 Å². The number of piperidine rings is 1. The first kappa shape index (κ1) is 13.3. The fourth-order valence-corrected chi connectivity index (χ4v) is 2.95. The molecular weight excluding hydrogens is 248 g/mol. The van der Waals surface area contributed by atoms with Crippen LogP contribution in [0.15, 0.2) is 36.7 Å². The van der Waals surface area contributed by atoms with Crippen LogP contribution >= 0.6 is 0 Å². The summed E-state index contributed by atoms with van der Waals surface area (Å²) in [7, 11) is 2.01. The smallest absolute Gasteiger partial charge is 0.146 e. The molecule has 0 atom stereocenters. The Hall–Kier alpha value is -1.68. The normalized spacial score (nSPS) is 17.4. The molecule has 3 rings (SSSR count). The largest absolute Gasteiger partial charge is 0.320 e. The molecule has 1 aromatic carbocycles. The lowest BCUT2D eigenvalue weighted by Crippen LogP contribution is -2.34. The van der Waals surface area contributed by atoms with Gasteiger partial charge in [0.2, 0.25) is 0 Å². The van der Waals surface area contributed by atoms with E-state index >= 15 is 0 Å². The fraction of sp³-hybridized carbons (Fsp3) is 0.500. The SMILES string of the molecule is Cn1cnnc1CN1CCC(Cc2ccccc2)CC1. The van der Waals surface area contributed by atoms with E-state index in [1.165, 1.54) is 37.9 Å². The molecule has 0 N–H and O–H groups in total. The number of hydrogen-bond donors (Lipinski definition) is 0. The van der Waals surface area contributed by atoms with E-state index in [4.69, 9.17) is 0 Å². The maximum Gasteiger partial charge on any atom is 0.146 e. The first-order valence-electron chi connectivity index (χ1n) is 7.40. The van der Waals surface area contributed by atoms with Gasteiger partial charge < -0.3 is 4.57 Å². The Morgan fingerprint density at radius 3 is 2.55 bits per heavy atom. The van der Waals surface area contributed by atoms with Gasteiger partial charge in [0.25, 0.3) is 0 Å². The molecule has 0 radical (unpaired) electrons. The van der Waals surface area contributed by atoms with E-state index in [2.05, 4.69) is 45.4 Å². The van der Waals surface area contributed by atoms with Crippen molar-refractivity contribution in [3.05, 3.63) is 48.0 Å². The summed E-state index contributed by atoms with van der Waals surface area (Å²) in [5.41, 5.74) is 1.47. The minimum absolute atomic E-state index is 0.827. The number of aromatic nitrogens is 3. The van der Waals surface area contributed by atoms with Gasteiger partial charge in [0.15, 0.2) is 0 Å². The molecule has 0 amide bonds. The summed E-state index contributed by atoms with van der Waals surface area (Å²) in [4.78, 5) is 2.49. The zero-order valence-corrected chi connectivity index (χ0v) is 12.1. The summed E-state index contributed by atoms with van der Waals surface area (Å²) in [6.07, 6.45) is 5.57. The van der Waals surface area contributed by atoms with Crippen molar-refractivity contribution in [1.82, 2.24) is 19.7 Å². The number of likely N-dealkylation sites (tertiary alicyclic amines) is 1. The molecule has 1 aliphatic heterocycles. The molecule has 2 aromatic rings. The predicted octanol–water partition coefficient (Wildman–Crippen LogP) is 2.27. The van der Waals surface area contributed by atoms with Crippen LogP contribution in [0.2, 0.25) is 0 Å². The van der Waals surface area contributed by atoms with E-state index in [0.717, 1.165) is 18.3 Å². The molecule has 1 aliphatic rings. The van der Waals surface area contributed by atoms with Gasteiger partial charge in [-0.3, -0.25) is 4.90 Å². The Morgan fingerprint density at radius 2 is 1.90 bits per heavy atom. The molecule has 0 bridgehead atoms. The average molecular weight is 270 g/mol. The highest BCUT2D eigenvalue weighted by Gasteiger charge is 2.20. The van der Waals surface area contributed by atoms with Crippen LogP contribution in [0.25, 0.3) is 0 Å². The molecule has 20 heavy (non-hydrogen) atoms. The van der Waals surface area contributed by atoms with Gasteiger partial charge in [0, 0.05) is 7.05 Å². The number of nitrogens with zero attached hydrogens (tertiary/aromatic N) is 4. The third-order valence-corrected chi connectivity index (χ3v) is 4.24. The van der Waals surface area contributed by atoms with Crippen LogP contribution in [0.3, 0.4) is 0 Å². The monoisotopic (exact) mass is 270 g/mol. The van der Waals surface area contributed by atoms with Crippen LogP contribution in [0, 0.1) is 5.92 Å². The van der Waals surface area contributed by atoms with Crippen LogP contribution in [0.4, 0.5) is 0 Å². The zero-order valence-electron chi connectivity index (χ0n) is 12.1. The van der Waals surface area contributed by atoms with Gasteiger partial charge in [0.1, 0.15) is 12.2 Å². The molecule has 106 valence electrons. The van der Waals surface area contributed by atoms with E-state index in [9.17, 15) is 0 Å². The maximum atomic E-state index is 4.17. The number of benzene rings is 1. The molecule has 2 heterocycles. The van der Waals surface area contributed by atoms with E-state index in [1.54, 1.807) is 6.33 Å². The summed E-state index contributed by atoms with van der Waals surface area (Å²) in [5, 5.41) is 8.11. The molecule has 1 saturated heterocycles. The molecular formula is C16H22N4. The lowest BCUT2D eigenvalue weighted by Gasteiger charge is -2.31. The van der Waals surface area contributed by atoms with Crippen molar-refractivity contribution in [3.63, 3.8) is 0 Å². The van der Waals surface area contributed by atoms with Gasteiger partial charge in [0.05, 0.1) is 6.54 Å². The summed E-state index contributed by atoms with van der Waals surface area (Å²) < 4.78 is 2.01. The Bertz CT molecular complexity index is 526. The second-order valence-corrected chi connectivity index (χ2v) is 5.77. The fourth-order valence-electron chi connectivity index (χ4n) is 2.95. The summed E-state index contributed by atoms with van der Waals surface area (Å²) in [6.45, 7) is 3.27. The number of aryl methyl sites for hydroxylation is 1. The lowest BCUT2D eigenvalue weighted by atomic mass is 9.90. The van der Waals surface area contributed by atoms with E-state index in [-0.39, 0.29) is 0 Å². The Labute approximate surface area is 120 Å². The zero-order chi connectivity index (χ0) is 13.8. The minimum Gasteiger partial charge on any atom is -0.320 e. The van der Waals surface area contributed by atoms with Gasteiger partial charge in [-0.15, -0.1) is 10.2 Å². The second kappa shape index (κ2) is 6.18. The third kappa shape index (κ3) is 3.25. The molecule has 0 spiro atoms. The van der Waals surface area contributed by atoms with Crippen LogP contribution in [-0.4, -0.2) is 32.8 Å². The average Bonchev–Trinajstić information content (AvgIpc) is 2.88. The van der Waals surface area contributed by atoms with Gasteiger partial charge in [-0.1, -0.05) is 30.3 Å². The standard InChI is InChI=1S/C16H22N4/c1-19-13-17-18-16(19)12-20-9-7-15(8-10-20)11-14-5-3-2-4-6-14/h2-6,13,15H,7-12H2,1H3. The molecule has 1 fully saturated rings. The Morgan fingerprint density at radius 1 is 1.15 bits per heavy atom. The number of rotatable bonds is 4. The summed E-state index contributed by atoms with van der Waals surface area (Å²) in [5.74, 6) is 1.89. The van der Waals surface area contributed by atoms with Gasteiger partial charge in [-0.05, 0) is 43.8 Å². The maximum absolute atomic E-state index is 4.17. The second-order valence-electron chi connectivity index (χ2n) is 5.77. The van der Waals surface area contributed by atoms with Crippen molar-refractivity contribution in [2.75, 3.05) is 13.1 Å². The minimum atomic E-state index is 0.827. The number of hydrogen-bond acceptors (Lipinski definition) is 3. The Kier molecular flexibility index (Phi) is 4.11.